The van der Waals surface area contributed by atoms with E-state index in [1.807, 2.05) is 0 Å². The van der Waals surface area contributed by atoms with E-state index in [1.165, 1.54) is 22.9 Å². The second-order valence-corrected chi connectivity index (χ2v) is 4.46. The van der Waals surface area contributed by atoms with Crippen LogP contribution in [0.1, 0.15) is 16.1 Å². The molecule has 0 saturated heterocycles. The van der Waals surface area contributed by atoms with Gasteiger partial charge in [0.2, 0.25) is 0 Å². The number of nitrogens with zero attached hydrogens (tertiary/aromatic N) is 3. The lowest BCUT2D eigenvalue weighted by atomic mass is 10.1. The van der Waals surface area contributed by atoms with E-state index >= 15 is 0 Å². The highest BCUT2D eigenvalue weighted by atomic mass is 79.9. The molecule has 2 aromatic rings. The number of rotatable bonds is 3. The predicted octanol–water partition coefficient (Wildman–Crippen LogP) is 2.14. The number of aromatic nitrogens is 3. The van der Waals surface area contributed by atoms with Crippen molar-refractivity contribution in [3.8, 4) is 0 Å². The van der Waals surface area contributed by atoms with E-state index in [1.54, 1.807) is 13.2 Å². The fourth-order valence-electron chi connectivity index (χ4n) is 1.45. The summed E-state index contributed by atoms with van der Waals surface area (Å²) >= 11 is 3.16. The summed E-state index contributed by atoms with van der Waals surface area (Å²) in [4.78, 5) is 11.9. The van der Waals surface area contributed by atoms with Crippen LogP contribution in [0.25, 0.3) is 0 Å². The molecule has 0 N–H and O–H groups in total. The van der Waals surface area contributed by atoms with Crippen LogP contribution in [0.5, 0.6) is 0 Å². The van der Waals surface area contributed by atoms with Gasteiger partial charge >= 0.3 is 0 Å². The van der Waals surface area contributed by atoms with E-state index in [2.05, 4.69) is 26.2 Å². The molecular formula is C11H9BrFN3O. The largest absolute Gasteiger partial charge is 0.294 e. The number of carbonyl (C=O) groups is 1. The summed E-state index contributed by atoms with van der Waals surface area (Å²) in [6, 6.07) is 3.98. The minimum Gasteiger partial charge on any atom is -0.294 e. The number of halogens is 2. The van der Waals surface area contributed by atoms with Crippen molar-refractivity contribution in [2.45, 2.75) is 6.42 Å². The summed E-state index contributed by atoms with van der Waals surface area (Å²) in [5.74, 6) is -0.509. The molecule has 6 heteroatoms. The second-order valence-electron chi connectivity index (χ2n) is 3.61. The molecule has 0 radical (unpaired) electrons. The normalized spacial score (nSPS) is 10.5. The third-order valence-electron chi connectivity index (χ3n) is 2.22. The molecular weight excluding hydrogens is 289 g/mol. The van der Waals surface area contributed by atoms with Gasteiger partial charge in [-0.25, -0.2) is 4.39 Å². The van der Waals surface area contributed by atoms with Crippen LogP contribution < -0.4 is 0 Å². The van der Waals surface area contributed by atoms with Crippen molar-refractivity contribution in [3.63, 3.8) is 0 Å². The maximum atomic E-state index is 12.9. The van der Waals surface area contributed by atoms with Crippen molar-refractivity contribution >= 4 is 21.7 Å². The van der Waals surface area contributed by atoms with E-state index in [-0.39, 0.29) is 18.0 Å². The van der Waals surface area contributed by atoms with Gasteiger partial charge in [-0.15, -0.1) is 5.10 Å². The molecule has 0 bridgehead atoms. The first-order valence-corrected chi connectivity index (χ1v) is 5.69. The SMILES string of the molecule is Cn1cc(CC(=O)c2ccc(F)cc2Br)nn1. The van der Waals surface area contributed by atoms with Crippen molar-refractivity contribution in [3.05, 3.63) is 45.9 Å². The van der Waals surface area contributed by atoms with Crippen LogP contribution in [-0.4, -0.2) is 20.8 Å². The Morgan fingerprint density at radius 3 is 2.88 bits per heavy atom. The lowest BCUT2D eigenvalue weighted by Crippen LogP contribution is -2.05. The average Bonchev–Trinajstić information content (AvgIpc) is 2.63. The molecule has 1 aromatic heterocycles. The van der Waals surface area contributed by atoms with Gasteiger partial charge < -0.3 is 0 Å². The predicted molar refractivity (Wildman–Crippen MR) is 63.1 cm³/mol. The standard InChI is InChI=1S/C11H9BrFN3O/c1-16-6-8(14-15-16)5-11(17)9-3-2-7(13)4-10(9)12/h2-4,6H,5H2,1H3. The minimum atomic E-state index is -0.382. The topological polar surface area (TPSA) is 47.8 Å². The highest BCUT2D eigenvalue weighted by Gasteiger charge is 2.13. The Kier molecular flexibility index (Phi) is 3.33. The zero-order valence-electron chi connectivity index (χ0n) is 9.02. The van der Waals surface area contributed by atoms with Gasteiger partial charge in [0.1, 0.15) is 5.82 Å². The van der Waals surface area contributed by atoms with Gasteiger partial charge in [-0.3, -0.25) is 9.48 Å². The molecule has 0 spiro atoms. The molecule has 0 aliphatic rings. The molecule has 4 nitrogen and oxygen atoms in total. The number of ketones is 1. The molecule has 2 rings (SSSR count). The fraction of sp³-hybridized carbons (Fsp3) is 0.182. The highest BCUT2D eigenvalue weighted by Crippen LogP contribution is 2.19. The molecule has 1 heterocycles. The number of hydrogen-bond donors (Lipinski definition) is 0. The van der Waals surface area contributed by atoms with Crippen LogP contribution >= 0.6 is 15.9 Å². The Morgan fingerprint density at radius 1 is 1.53 bits per heavy atom. The van der Waals surface area contributed by atoms with E-state index in [9.17, 15) is 9.18 Å². The van der Waals surface area contributed by atoms with Gasteiger partial charge in [0, 0.05) is 23.3 Å². The molecule has 0 aliphatic heterocycles. The Balaban J connectivity index is 2.20. The summed E-state index contributed by atoms with van der Waals surface area (Å²) in [6.45, 7) is 0. The van der Waals surface area contributed by atoms with E-state index in [4.69, 9.17) is 0 Å². The number of Topliss-reactive ketones (excluding diaryl/α,β-unsaturated/α-hetero) is 1. The van der Waals surface area contributed by atoms with Crippen LogP contribution in [0.2, 0.25) is 0 Å². The molecule has 0 fully saturated rings. The maximum Gasteiger partial charge on any atom is 0.170 e. The molecule has 1 aromatic carbocycles. The summed E-state index contributed by atoms with van der Waals surface area (Å²) < 4.78 is 14.9. The van der Waals surface area contributed by atoms with E-state index in [0.717, 1.165) is 0 Å². The summed E-state index contributed by atoms with van der Waals surface area (Å²) in [6.07, 6.45) is 1.83. The smallest absolute Gasteiger partial charge is 0.170 e. The van der Waals surface area contributed by atoms with Crippen molar-refractivity contribution in [1.82, 2.24) is 15.0 Å². The van der Waals surface area contributed by atoms with Gasteiger partial charge in [-0.2, -0.15) is 0 Å². The Morgan fingerprint density at radius 2 is 2.29 bits per heavy atom. The number of hydrogen-bond acceptors (Lipinski definition) is 3. The van der Waals surface area contributed by atoms with E-state index < -0.39 is 0 Å². The van der Waals surface area contributed by atoms with Crippen molar-refractivity contribution < 1.29 is 9.18 Å². The van der Waals surface area contributed by atoms with E-state index in [0.29, 0.717) is 15.7 Å². The van der Waals surface area contributed by atoms with Crippen LogP contribution in [-0.2, 0) is 13.5 Å². The summed E-state index contributed by atoms with van der Waals surface area (Å²) in [5, 5.41) is 7.57. The molecule has 88 valence electrons. The quantitative estimate of drug-likeness (QED) is 0.816. The van der Waals surface area contributed by atoms with Gasteiger partial charge in [-0.05, 0) is 34.1 Å². The zero-order valence-corrected chi connectivity index (χ0v) is 10.6. The third kappa shape index (κ3) is 2.76. The van der Waals surface area contributed by atoms with Gasteiger partial charge in [-0.1, -0.05) is 5.21 Å². The molecule has 0 atom stereocenters. The fourth-order valence-corrected chi connectivity index (χ4v) is 2.02. The zero-order chi connectivity index (χ0) is 12.4. The molecule has 0 unspecified atom stereocenters. The first kappa shape index (κ1) is 11.9. The minimum absolute atomic E-state index is 0.127. The lowest BCUT2D eigenvalue weighted by Gasteiger charge is -2.01. The van der Waals surface area contributed by atoms with Crippen LogP contribution in [0.15, 0.2) is 28.9 Å². The van der Waals surface area contributed by atoms with Gasteiger partial charge in [0.25, 0.3) is 0 Å². The number of aryl methyl sites for hydroxylation is 1. The average molecular weight is 298 g/mol. The van der Waals surface area contributed by atoms with Crippen molar-refractivity contribution in [2.24, 2.45) is 7.05 Å². The summed E-state index contributed by atoms with van der Waals surface area (Å²) in [7, 11) is 1.73. The van der Waals surface area contributed by atoms with Crippen LogP contribution in [0.4, 0.5) is 4.39 Å². The maximum absolute atomic E-state index is 12.9. The molecule has 0 saturated carbocycles. The Hall–Kier alpha value is -1.56. The number of benzene rings is 1. The van der Waals surface area contributed by atoms with Crippen molar-refractivity contribution in [2.75, 3.05) is 0 Å². The first-order chi connectivity index (χ1) is 8.06. The summed E-state index contributed by atoms with van der Waals surface area (Å²) in [5.41, 5.74) is 1.03. The van der Waals surface area contributed by atoms with Gasteiger partial charge in [0.05, 0.1) is 12.1 Å². The first-order valence-electron chi connectivity index (χ1n) is 4.89. The Labute approximate surface area is 106 Å². The second kappa shape index (κ2) is 4.75. The van der Waals surface area contributed by atoms with Gasteiger partial charge in [0.15, 0.2) is 5.78 Å². The Bertz CT molecular complexity index is 568. The third-order valence-corrected chi connectivity index (χ3v) is 2.88. The molecule has 0 amide bonds. The number of carbonyl (C=O) groups excluding carboxylic acids is 1. The monoisotopic (exact) mass is 297 g/mol. The van der Waals surface area contributed by atoms with Crippen LogP contribution in [0, 0.1) is 5.82 Å². The highest BCUT2D eigenvalue weighted by molar-refractivity contribution is 9.10. The molecule has 17 heavy (non-hydrogen) atoms. The molecule has 0 aliphatic carbocycles. The van der Waals surface area contributed by atoms with Crippen molar-refractivity contribution in [1.29, 1.82) is 0 Å². The lowest BCUT2D eigenvalue weighted by molar-refractivity contribution is 0.0991. The van der Waals surface area contributed by atoms with Crippen LogP contribution in [0.3, 0.4) is 0 Å².